The molecule has 0 unspecified atom stereocenters. The second-order valence-electron chi connectivity index (χ2n) is 5.73. The second-order valence-corrected chi connectivity index (χ2v) is 5.73. The summed E-state index contributed by atoms with van der Waals surface area (Å²) < 4.78 is 49.8. The van der Waals surface area contributed by atoms with Gasteiger partial charge >= 0.3 is 12.3 Å². The number of methoxy groups -OCH3 is 1. The molecule has 4 nitrogen and oxygen atoms in total. The minimum Gasteiger partial charge on any atom is -0.437 e. The maximum Gasteiger partial charge on any atom is 0.513 e. The Labute approximate surface area is 154 Å². The summed E-state index contributed by atoms with van der Waals surface area (Å²) in [7, 11) is 1.03. The molecule has 0 bridgehead atoms. The number of benzene rings is 2. The van der Waals surface area contributed by atoms with Gasteiger partial charge in [-0.1, -0.05) is 42.0 Å². The molecule has 2 aromatic rings. The van der Waals surface area contributed by atoms with Gasteiger partial charge in [-0.15, -0.1) is 0 Å². The first-order valence-corrected chi connectivity index (χ1v) is 7.83. The van der Waals surface area contributed by atoms with E-state index in [0.29, 0.717) is 11.1 Å². The van der Waals surface area contributed by atoms with Crippen molar-refractivity contribution < 1.29 is 27.4 Å². The fourth-order valence-electron chi connectivity index (χ4n) is 2.62. The van der Waals surface area contributed by atoms with Crippen molar-refractivity contribution in [1.29, 1.82) is 5.26 Å². The molecule has 0 aliphatic rings. The van der Waals surface area contributed by atoms with E-state index >= 15 is 0 Å². The van der Waals surface area contributed by atoms with Crippen molar-refractivity contribution in [3.8, 4) is 6.07 Å². The van der Waals surface area contributed by atoms with E-state index in [4.69, 9.17) is 4.74 Å². The number of carbonyl (C=O) groups excluding carboxylic acids is 1. The lowest BCUT2D eigenvalue weighted by atomic mass is 9.94. The van der Waals surface area contributed by atoms with Crippen LogP contribution in [0.2, 0.25) is 0 Å². The monoisotopic (exact) mass is 375 g/mol. The number of rotatable bonds is 3. The quantitative estimate of drug-likeness (QED) is 0.308. The van der Waals surface area contributed by atoms with E-state index in [9.17, 15) is 23.2 Å². The summed E-state index contributed by atoms with van der Waals surface area (Å²) in [4.78, 5) is 11.7. The number of hydrogen-bond donors (Lipinski definition) is 0. The van der Waals surface area contributed by atoms with Gasteiger partial charge in [0.2, 0.25) is 0 Å². The van der Waals surface area contributed by atoms with Crippen molar-refractivity contribution in [3.05, 3.63) is 70.3 Å². The highest BCUT2D eigenvalue weighted by molar-refractivity contribution is 5.98. The number of halogens is 3. The Bertz CT molecular complexity index is 940. The Morgan fingerprint density at radius 2 is 1.74 bits per heavy atom. The molecule has 0 aliphatic carbocycles. The van der Waals surface area contributed by atoms with Crippen LogP contribution < -0.4 is 0 Å². The minimum absolute atomic E-state index is 0.199. The number of nitrogens with zero attached hydrogens (tertiary/aromatic N) is 1. The highest BCUT2D eigenvalue weighted by Gasteiger charge is 2.35. The SMILES string of the molecule is COC(=O)OC(=C(C#N)c1ccc(C)cc1C)c1ccccc1C(F)(F)F. The minimum atomic E-state index is -4.70. The van der Waals surface area contributed by atoms with Gasteiger partial charge in [0, 0.05) is 5.56 Å². The summed E-state index contributed by atoms with van der Waals surface area (Å²) in [5.74, 6) is -0.510. The van der Waals surface area contributed by atoms with E-state index in [2.05, 4.69) is 4.74 Å². The predicted octanol–water partition coefficient (Wildman–Crippen LogP) is 5.50. The summed E-state index contributed by atoms with van der Waals surface area (Å²) in [5, 5.41) is 9.66. The Morgan fingerprint density at radius 1 is 1.07 bits per heavy atom. The fraction of sp³-hybridized carbons (Fsp3) is 0.200. The molecule has 140 valence electrons. The zero-order valence-corrected chi connectivity index (χ0v) is 14.8. The lowest BCUT2D eigenvalue weighted by molar-refractivity contribution is -0.137. The Balaban J connectivity index is 2.84. The van der Waals surface area contributed by atoms with E-state index < -0.39 is 29.2 Å². The van der Waals surface area contributed by atoms with Crippen molar-refractivity contribution >= 4 is 17.5 Å². The van der Waals surface area contributed by atoms with E-state index in [0.717, 1.165) is 24.8 Å². The third-order valence-corrected chi connectivity index (χ3v) is 3.82. The summed E-state index contributed by atoms with van der Waals surface area (Å²) in [6, 6.07) is 11.5. The van der Waals surface area contributed by atoms with E-state index in [1.54, 1.807) is 25.1 Å². The van der Waals surface area contributed by atoms with Gasteiger partial charge < -0.3 is 9.47 Å². The predicted molar refractivity (Wildman–Crippen MR) is 93.3 cm³/mol. The van der Waals surface area contributed by atoms with Crippen LogP contribution in [0.25, 0.3) is 11.3 Å². The molecule has 2 aromatic carbocycles. The van der Waals surface area contributed by atoms with Crippen molar-refractivity contribution in [1.82, 2.24) is 0 Å². The molecule has 0 fully saturated rings. The summed E-state index contributed by atoms with van der Waals surface area (Å²) in [5.41, 5.74) is 0.281. The molecule has 0 aliphatic heterocycles. The first kappa shape index (κ1) is 20.0. The summed E-state index contributed by atoms with van der Waals surface area (Å²) >= 11 is 0. The van der Waals surface area contributed by atoms with Gasteiger partial charge in [-0.3, -0.25) is 0 Å². The summed E-state index contributed by atoms with van der Waals surface area (Å²) in [6.45, 7) is 3.56. The van der Waals surface area contributed by atoms with Gasteiger partial charge in [0.05, 0.1) is 12.7 Å². The van der Waals surface area contributed by atoms with Crippen molar-refractivity contribution in [2.75, 3.05) is 7.11 Å². The van der Waals surface area contributed by atoms with Gasteiger partial charge in [-0.2, -0.15) is 18.4 Å². The second kappa shape index (κ2) is 7.96. The zero-order valence-electron chi connectivity index (χ0n) is 14.8. The van der Waals surface area contributed by atoms with Crippen LogP contribution in [0.5, 0.6) is 0 Å². The first-order chi connectivity index (χ1) is 12.7. The molecule has 2 rings (SSSR count). The Morgan fingerprint density at radius 3 is 2.30 bits per heavy atom. The molecule has 0 atom stereocenters. The van der Waals surface area contributed by atoms with Crippen LogP contribution in [0, 0.1) is 25.2 Å². The first-order valence-electron chi connectivity index (χ1n) is 7.83. The average molecular weight is 375 g/mol. The molecule has 0 amide bonds. The molecule has 0 N–H and O–H groups in total. The average Bonchev–Trinajstić information content (AvgIpc) is 2.62. The van der Waals surface area contributed by atoms with Gasteiger partial charge in [0.1, 0.15) is 11.6 Å². The van der Waals surface area contributed by atoms with Crippen LogP contribution in [0.1, 0.15) is 27.8 Å². The van der Waals surface area contributed by atoms with E-state index in [1.165, 1.54) is 12.1 Å². The van der Waals surface area contributed by atoms with Crippen LogP contribution >= 0.6 is 0 Å². The molecule has 0 radical (unpaired) electrons. The van der Waals surface area contributed by atoms with Gasteiger partial charge in [-0.25, -0.2) is 4.79 Å². The van der Waals surface area contributed by atoms with E-state index in [1.807, 2.05) is 13.0 Å². The standard InChI is InChI=1S/C20H16F3NO3/c1-12-8-9-14(13(2)10-12)16(11-24)18(27-19(25)26-3)15-6-4-5-7-17(15)20(21,22)23/h4-10H,1-3H3. The smallest absolute Gasteiger partial charge is 0.437 e. The molecular formula is C20H16F3NO3. The van der Waals surface area contributed by atoms with Crippen LogP contribution in [0.3, 0.4) is 0 Å². The van der Waals surface area contributed by atoms with Crippen LogP contribution in [0.15, 0.2) is 42.5 Å². The van der Waals surface area contributed by atoms with E-state index in [-0.39, 0.29) is 5.57 Å². The van der Waals surface area contributed by atoms with Crippen molar-refractivity contribution in [2.45, 2.75) is 20.0 Å². The number of nitriles is 1. The number of ether oxygens (including phenoxy) is 2. The molecule has 0 saturated carbocycles. The molecule has 0 aromatic heterocycles. The van der Waals surface area contributed by atoms with Crippen LogP contribution in [-0.2, 0) is 15.7 Å². The lowest BCUT2D eigenvalue weighted by Gasteiger charge is -2.17. The van der Waals surface area contributed by atoms with Crippen molar-refractivity contribution in [2.24, 2.45) is 0 Å². The number of carbonyl (C=O) groups is 1. The number of aryl methyl sites for hydroxylation is 2. The number of allylic oxidation sites excluding steroid dienone is 1. The fourth-order valence-corrected chi connectivity index (χ4v) is 2.62. The highest BCUT2D eigenvalue weighted by Crippen LogP contribution is 2.38. The third kappa shape index (κ3) is 4.47. The number of hydrogen-bond acceptors (Lipinski definition) is 4. The van der Waals surface area contributed by atoms with Crippen molar-refractivity contribution in [3.63, 3.8) is 0 Å². The maximum atomic E-state index is 13.5. The normalized spacial score (nSPS) is 12.0. The lowest BCUT2D eigenvalue weighted by Crippen LogP contribution is -2.12. The molecule has 7 heteroatoms. The zero-order chi connectivity index (χ0) is 20.2. The molecule has 0 spiro atoms. The third-order valence-electron chi connectivity index (χ3n) is 3.82. The van der Waals surface area contributed by atoms with Gasteiger partial charge in [-0.05, 0) is 31.0 Å². The summed E-state index contributed by atoms with van der Waals surface area (Å²) in [6.07, 6.45) is -5.93. The maximum absolute atomic E-state index is 13.5. The topological polar surface area (TPSA) is 59.3 Å². The molecular weight excluding hydrogens is 359 g/mol. The van der Waals surface area contributed by atoms with Crippen LogP contribution in [-0.4, -0.2) is 13.3 Å². The molecule has 0 heterocycles. The van der Waals surface area contributed by atoms with Crippen LogP contribution in [0.4, 0.5) is 18.0 Å². The number of alkyl halides is 3. The largest absolute Gasteiger partial charge is 0.513 e. The molecule has 27 heavy (non-hydrogen) atoms. The Kier molecular flexibility index (Phi) is 5.91. The molecule has 0 saturated heterocycles. The van der Waals surface area contributed by atoms with Gasteiger partial charge in [0.15, 0.2) is 5.76 Å². The van der Waals surface area contributed by atoms with Gasteiger partial charge in [0.25, 0.3) is 0 Å². The Hall–Kier alpha value is -3.27. The highest BCUT2D eigenvalue weighted by atomic mass is 19.4.